The monoisotopic (exact) mass is 299 g/mol. The molecule has 1 aliphatic rings. The first kappa shape index (κ1) is 13.8. The average molecular weight is 300 g/mol. The lowest BCUT2D eigenvalue weighted by molar-refractivity contribution is 0.0422. The predicted octanol–water partition coefficient (Wildman–Crippen LogP) is 3.03. The largest absolute Gasteiger partial charge is 0.443 e. The number of hydrogen-bond acceptors (Lipinski definition) is 4. The first-order valence-corrected chi connectivity index (χ1v) is 6.43. The molecule has 1 saturated heterocycles. The molecular weight excluding hydrogens is 289 g/mol. The SMILES string of the molecule is N#CN1CCCN1C(=O)OCc1ccc(Cl)c(Cl)c1. The molecule has 0 atom stereocenters. The van der Waals surface area contributed by atoms with Crippen molar-refractivity contribution in [3.05, 3.63) is 33.8 Å². The van der Waals surface area contributed by atoms with Crippen LogP contribution in [0.5, 0.6) is 0 Å². The number of amides is 1. The third kappa shape index (κ3) is 3.22. The van der Waals surface area contributed by atoms with Gasteiger partial charge in [0.1, 0.15) is 6.61 Å². The third-order valence-electron chi connectivity index (χ3n) is 2.70. The summed E-state index contributed by atoms with van der Waals surface area (Å²) in [4.78, 5) is 11.8. The van der Waals surface area contributed by atoms with Crippen molar-refractivity contribution in [3.8, 4) is 6.19 Å². The molecule has 2 rings (SSSR count). The van der Waals surface area contributed by atoms with Gasteiger partial charge in [0, 0.05) is 6.54 Å². The van der Waals surface area contributed by atoms with Crippen molar-refractivity contribution >= 4 is 29.3 Å². The van der Waals surface area contributed by atoms with Crippen LogP contribution in [0.2, 0.25) is 10.0 Å². The summed E-state index contributed by atoms with van der Waals surface area (Å²) in [5.41, 5.74) is 0.741. The predicted molar refractivity (Wildman–Crippen MR) is 70.3 cm³/mol. The maximum absolute atomic E-state index is 11.8. The molecule has 0 aromatic heterocycles. The highest BCUT2D eigenvalue weighted by atomic mass is 35.5. The van der Waals surface area contributed by atoms with Crippen LogP contribution in [0.4, 0.5) is 4.79 Å². The molecule has 5 nitrogen and oxygen atoms in total. The number of carbonyl (C=O) groups excluding carboxylic acids is 1. The van der Waals surface area contributed by atoms with Gasteiger partial charge in [0.2, 0.25) is 0 Å². The fraction of sp³-hybridized carbons (Fsp3) is 0.333. The van der Waals surface area contributed by atoms with Crippen LogP contribution in [0.3, 0.4) is 0 Å². The highest BCUT2D eigenvalue weighted by molar-refractivity contribution is 6.42. The summed E-state index contributed by atoms with van der Waals surface area (Å²) in [6, 6.07) is 5.02. The summed E-state index contributed by atoms with van der Waals surface area (Å²) >= 11 is 11.7. The van der Waals surface area contributed by atoms with E-state index in [0.29, 0.717) is 23.1 Å². The lowest BCUT2D eigenvalue weighted by atomic mass is 10.2. The summed E-state index contributed by atoms with van der Waals surface area (Å²) < 4.78 is 5.13. The Balaban J connectivity index is 1.93. The van der Waals surface area contributed by atoms with Crippen molar-refractivity contribution in [2.75, 3.05) is 13.1 Å². The van der Waals surface area contributed by atoms with Crippen molar-refractivity contribution in [1.82, 2.24) is 10.0 Å². The van der Waals surface area contributed by atoms with Gasteiger partial charge in [0.15, 0.2) is 6.19 Å². The van der Waals surface area contributed by atoms with E-state index in [1.807, 2.05) is 6.19 Å². The maximum atomic E-state index is 11.8. The molecule has 0 radical (unpaired) electrons. The first-order valence-electron chi connectivity index (χ1n) is 5.67. The van der Waals surface area contributed by atoms with Crippen LogP contribution in [-0.4, -0.2) is 29.2 Å². The normalized spacial score (nSPS) is 14.4. The number of ether oxygens (including phenoxy) is 1. The van der Waals surface area contributed by atoms with E-state index in [2.05, 4.69) is 0 Å². The molecule has 0 saturated carbocycles. The van der Waals surface area contributed by atoms with E-state index in [1.165, 1.54) is 10.0 Å². The second-order valence-corrected chi connectivity index (χ2v) is 4.82. The number of carbonyl (C=O) groups is 1. The summed E-state index contributed by atoms with van der Waals surface area (Å²) in [5, 5.41) is 12.3. The van der Waals surface area contributed by atoms with Gasteiger partial charge in [-0.15, -0.1) is 0 Å². The van der Waals surface area contributed by atoms with Gasteiger partial charge in [0.05, 0.1) is 16.6 Å². The molecule has 1 aromatic carbocycles. The van der Waals surface area contributed by atoms with Gasteiger partial charge in [-0.1, -0.05) is 29.3 Å². The Morgan fingerprint density at radius 3 is 2.84 bits per heavy atom. The van der Waals surface area contributed by atoms with E-state index in [4.69, 9.17) is 33.2 Å². The minimum atomic E-state index is -0.537. The van der Waals surface area contributed by atoms with Crippen molar-refractivity contribution in [3.63, 3.8) is 0 Å². The smallest absolute Gasteiger partial charge is 0.429 e. The van der Waals surface area contributed by atoms with Crippen LogP contribution in [0.1, 0.15) is 12.0 Å². The zero-order valence-electron chi connectivity index (χ0n) is 9.97. The Morgan fingerprint density at radius 1 is 1.37 bits per heavy atom. The highest BCUT2D eigenvalue weighted by Gasteiger charge is 2.27. The minimum absolute atomic E-state index is 0.0888. The van der Waals surface area contributed by atoms with Crippen molar-refractivity contribution in [2.24, 2.45) is 0 Å². The number of halogens is 2. The van der Waals surface area contributed by atoms with Gasteiger partial charge < -0.3 is 4.74 Å². The van der Waals surface area contributed by atoms with Crippen LogP contribution in [0.15, 0.2) is 18.2 Å². The Hall–Kier alpha value is -1.64. The molecule has 19 heavy (non-hydrogen) atoms. The second-order valence-electron chi connectivity index (χ2n) is 4.00. The number of nitriles is 1. The highest BCUT2D eigenvalue weighted by Crippen LogP contribution is 2.23. The maximum Gasteiger partial charge on any atom is 0.429 e. The van der Waals surface area contributed by atoms with Crippen LogP contribution in [0.25, 0.3) is 0 Å². The lowest BCUT2D eigenvalue weighted by Crippen LogP contribution is -2.38. The number of nitrogens with zero attached hydrogens (tertiary/aromatic N) is 3. The quantitative estimate of drug-likeness (QED) is 0.788. The van der Waals surface area contributed by atoms with Crippen LogP contribution >= 0.6 is 23.2 Å². The minimum Gasteiger partial charge on any atom is -0.443 e. The number of hydrogen-bond donors (Lipinski definition) is 0. The third-order valence-corrected chi connectivity index (χ3v) is 3.44. The van der Waals surface area contributed by atoms with E-state index >= 15 is 0 Å². The Kier molecular flexibility index (Phi) is 4.35. The zero-order chi connectivity index (χ0) is 13.8. The molecule has 1 heterocycles. The standard InChI is InChI=1S/C12H11Cl2N3O2/c13-10-3-2-9(6-11(10)14)7-19-12(18)17-5-1-4-16(17)8-15/h2-3,6H,1,4-5,7H2. The van der Waals surface area contributed by atoms with Gasteiger partial charge in [-0.2, -0.15) is 5.26 Å². The van der Waals surface area contributed by atoms with Crippen molar-refractivity contribution in [1.29, 1.82) is 5.26 Å². The van der Waals surface area contributed by atoms with E-state index < -0.39 is 6.09 Å². The molecular formula is C12H11Cl2N3O2. The van der Waals surface area contributed by atoms with Crippen LogP contribution < -0.4 is 0 Å². The first-order chi connectivity index (χ1) is 9.11. The molecule has 0 bridgehead atoms. The Morgan fingerprint density at radius 2 is 2.16 bits per heavy atom. The van der Waals surface area contributed by atoms with Gasteiger partial charge in [-0.3, -0.25) is 0 Å². The topological polar surface area (TPSA) is 56.6 Å². The molecule has 1 fully saturated rings. The van der Waals surface area contributed by atoms with E-state index in [0.717, 1.165) is 12.0 Å². The average Bonchev–Trinajstić information content (AvgIpc) is 2.88. The van der Waals surface area contributed by atoms with E-state index in [-0.39, 0.29) is 6.61 Å². The number of benzene rings is 1. The molecule has 0 aliphatic carbocycles. The lowest BCUT2D eigenvalue weighted by Gasteiger charge is -2.21. The van der Waals surface area contributed by atoms with Gasteiger partial charge in [-0.05, 0) is 24.1 Å². The summed E-state index contributed by atoms with van der Waals surface area (Å²) in [5.74, 6) is 0. The van der Waals surface area contributed by atoms with E-state index in [9.17, 15) is 4.79 Å². The van der Waals surface area contributed by atoms with Gasteiger partial charge in [0.25, 0.3) is 0 Å². The van der Waals surface area contributed by atoms with Gasteiger partial charge >= 0.3 is 6.09 Å². The number of rotatable bonds is 2. The summed E-state index contributed by atoms with van der Waals surface area (Å²) in [6.45, 7) is 1.12. The molecule has 100 valence electrons. The zero-order valence-corrected chi connectivity index (χ0v) is 11.5. The Bertz CT molecular complexity index is 530. The molecule has 1 aliphatic heterocycles. The number of hydrazine groups is 1. The molecule has 7 heteroatoms. The van der Waals surface area contributed by atoms with Gasteiger partial charge in [-0.25, -0.2) is 14.8 Å². The Labute approximate surface area is 120 Å². The van der Waals surface area contributed by atoms with Crippen molar-refractivity contribution in [2.45, 2.75) is 13.0 Å². The fourth-order valence-electron chi connectivity index (χ4n) is 1.75. The summed E-state index contributed by atoms with van der Waals surface area (Å²) in [7, 11) is 0. The second kappa shape index (κ2) is 6.00. The van der Waals surface area contributed by atoms with E-state index in [1.54, 1.807) is 18.2 Å². The van der Waals surface area contributed by atoms with Crippen LogP contribution in [0, 0.1) is 11.5 Å². The van der Waals surface area contributed by atoms with Crippen molar-refractivity contribution < 1.29 is 9.53 Å². The molecule has 0 N–H and O–H groups in total. The molecule has 0 spiro atoms. The summed E-state index contributed by atoms with van der Waals surface area (Å²) in [6.07, 6.45) is 2.15. The van der Waals surface area contributed by atoms with Crippen LogP contribution in [-0.2, 0) is 11.3 Å². The fourth-order valence-corrected chi connectivity index (χ4v) is 2.08. The molecule has 1 amide bonds. The molecule has 1 aromatic rings. The molecule has 0 unspecified atom stereocenters.